The highest BCUT2D eigenvalue weighted by Crippen LogP contribution is 2.13. The SMILES string of the molecule is COC(=O)C(C)S(=O)(=O)Nc1ccnc(C(=O)O)c1. The molecule has 0 amide bonds. The number of nitrogens with one attached hydrogen (secondary N) is 1. The third-order valence-electron chi connectivity index (χ3n) is 2.24. The summed E-state index contributed by atoms with van der Waals surface area (Å²) in [6.07, 6.45) is 1.14. The van der Waals surface area contributed by atoms with Gasteiger partial charge in [0.1, 0.15) is 5.69 Å². The number of sulfonamides is 1. The number of hydrogen-bond acceptors (Lipinski definition) is 6. The van der Waals surface area contributed by atoms with E-state index < -0.39 is 27.2 Å². The molecule has 9 heteroatoms. The van der Waals surface area contributed by atoms with Gasteiger partial charge in [0.15, 0.2) is 5.25 Å². The van der Waals surface area contributed by atoms with Crippen molar-refractivity contribution in [3.63, 3.8) is 0 Å². The number of carbonyl (C=O) groups excluding carboxylic acids is 1. The van der Waals surface area contributed by atoms with Crippen LogP contribution in [0.1, 0.15) is 17.4 Å². The number of carbonyl (C=O) groups is 2. The Balaban J connectivity index is 2.99. The molecular formula is C10H12N2O6S. The summed E-state index contributed by atoms with van der Waals surface area (Å²) in [5, 5.41) is 7.31. The number of methoxy groups -OCH3 is 1. The van der Waals surface area contributed by atoms with Crippen LogP contribution in [0.15, 0.2) is 18.3 Å². The van der Waals surface area contributed by atoms with Crippen molar-refractivity contribution in [2.75, 3.05) is 11.8 Å². The zero-order valence-corrected chi connectivity index (χ0v) is 11.0. The van der Waals surface area contributed by atoms with Crippen molar-refractivity contribution >= 4 is 27.6 Å². The van der Waals surface area contributed by atoms with Crippen molar-refractivity contribution in [2.24, 2.45) is 0 Å². The molecule has 0 aromatic carbocycles. The van der Waals surface area contributed by atoms with Gasteiger partial charge < -0.3 is 9.84 Å². The number of aromatic carboxylic acids is 1. The lowest BCUT2D eigenvalue weighted by Crippen LogP contribution is -2.33. The molecule has 19 heavy (non-hydrogen) atoms. The largest absolute Gasteiger partial charge is 0.477 e. The Labute approximate surface area is 109 Å². The van der Waals surface area contributed by atoms with Gasteiger partial charge >= 0.3 is 11.9 Å². The maximum Gasteiger partial charge on any atom is 0.354 e. The van der Waals surface area contributed by atoms with Crippen LogP contribution < -0.4 is 4.72 Å². The van der Waals surface area contributed by atoms with Crippen LogP contribution >= 0.6 is 0 Å². The van der Waals surface area contributed by atoms with Gasteiger partial charge in [-0.05, 0) is 19.1 Å². The highest BCUT2D eigenvalue weighted by molar-refractivity contribution is 7.94. The van der Waals surface area contributed by atoms with Crippen molar-refractivity contribution in [1.82, 2.24) is 4.98 Å². The van der Waals surface area contributed by atoms with E-state index in [2.05, 4.69) is 14.4 Å². The zero-order valence-electron chi connectivity index (χ0n) is 10.2. The number of carboxylic acid groups (broad SMARTS) is 1. The van der Waals surface area contributed by atoms with Crippen molar-refractivity contribution in [3.8, 4) is 0 Å². The molecule has 1 aromatic rings. The van der Waals surface area contributed by atoms with Gasteiger partial charge in [-0.15, -0.1) is 0 Å². The second-order valence-electron chi connectivity index (χ2n) is 3.55. The Morgan fingerprint density at radius 2 is 2.11 bits per heavy atom. The van der Waals surface area contributed by atoms with Gasteiger partial charge in [-0.2, -0.15) is 0 Å². The molecule has 0 aliphatic rings. The highest BCUT2D eigenvalue weighted by atomic mass is 32.2. The molecule has 1 rings (SSSR count). The molecule has 2 N–H and O–H groups in total. The van der Waals surface area contributed by atoms with Gasteiger partial charge in [0.25, 0.3) is 0 Å². The van der Waals surface area contributed by atoms with E-state index in [-0.39, 0.29) is 11.4 Å². The van der Waals surface area contributed by atoms with E-state index in [9.17, 15) is 18.0 Å². The summed E-state index contributed by atoms with van der Waals surface area (Å²) in [6.45, 7) is 1.16. The van der Waals surface area contributed by atoms with E-state index in [1.54, 1.807) is 0 Å². The minimum absolute atomic E-state index is 0.00292. The molecule has 1 heterocycles. The number of anilines is 1. The molecule has 0 aliphatic carbocycles. The summed E-state index contributed by atoms with van der Waals surface area (Å²) in [5.41, 5.74) is -0.311. The van der Waals surface area contributed by atoms with E-state index in [4.69, 9.17) is 5.11 Å². The third kappa shape index (κ3) is 3.65. The molecule has 0 aliphatic heterocycles. The summed E-state index contributed by atoms with van der Waals surface area (Å²) < 4.78 is 30.0. The molecule has 0 saturated carbocycles. The summed E-state index contributed by atoms with van der Waals surface area (Å²) in [7, 11) is -2.94. The normalized spacial score (nSPS) is 12.5. The first-order valence-corrected chi connectivity index (χ1v) is 6.61. The Hall–Kier alpha value is -2.16. The maximum absolute atomic E-state index is 11.8. The highest BCUT2D eigenvalue weighted by Gasteiger charge is 2.29. The fourth-order valence-corrected chi connectivity index (χ4v) is 2.14. The molecule has 0 radical (unpaired) electrons. The van der Waals surface area contributed by atoms with Crippen LogP contribution in [0, 0.1) is 0 Å². The number of esters is 1. The lowest BCUT2D eigenvalue weighted by Gasteiger charge is -2.12. The average molecular weight is 288 g/mol. The molecule has 0 saturated heterocycles. The fraction of sp³-hybridized carbons (Fsp3) is 0.300. The van der Waals surface area contributed by atoms with Crippen LogP contribution in [0.4, 0.5) is 5.69 Å². The second kappa shape index (κ2) is 5.65. The van der Waals surface area contributed by atoms with E-state index in [0.717, 1.165) is 26.3 Å². The van der Waals surface area contributed by atoms with Crippen LogP contribution in [-0.2, 0) is 19.6 Å². The summed E-state index contributed by atoms with van der Waals surface area (Å²) in [4.78, 5) is 25.4. The second-order valence-corrected chi connectivity index (χ2v) is 5.55. The lowest BCUT2D eigenvalue weighted by atomic mass is 10.3. The van der Waals surface area contributed by atoms with Crippen LogP contribution in [-0.4, -0.2) is 42.8 Å². The standard InChI is InChI=1S/C10H12N2O6S/c1-6(10(15)18-2)19(16,17)12-7-3-4-11-8(5-7)9(13)14/h3-6H,1-2H3,(H,11,12)(H,13,14). The smallest absolute Gasteiger partial charge is 0.354 e. The molecule has 1 atom stereocenters. The van der Waals surface area contributed by atoms with Crippen molar-refractivity contribution in [1.29, 1.82) is 0 Å². The van der Waals surface area contributed by atoms with Crippen LogP contribution in [0.25, 0.3) is 0 Å². The zero-order chi connectivity index (χ0) is 14.6. The number of aromatic nitrogens is 1. The first-order valence-electron chi connectivity index (χ1n) is 5.06. The van der Waals surface area contributed by atoms with E-state index in [1.165, 1.54) is 6.07 Å². The Kier molecular flexibility index (Phi) is 4.43. The molecule has 1 unspecified atom stereocenters. The van der Waals surface area contributed by atoms with Crippen LogP contribution in [0.2, 0.25) is 0 Å². The molecular weight excluding hydrogens is 276 g/mol. The Bertz CT molecular complexity index is 598. The van der Waals surface area contributed by atoms with Gasteiger partial charge in [-0.1, -0.05) is 0 Å². The summed E-state index contributed by atoms with van der Waals surface area (Å²) in [6, 6.07) is 2.32. The Morgan fingerprint density at radius 3 is 2.63 bits per heavy atom. The predicted molar refractivity (Wildman–Crippen MR) is 65.2 cm³/mol. The summed E-state index contributed by atoms with van der Waals surface area (Å²) in [5.74, 6) is -2.21. The topological polar surface area (TPSA) is 123 Å². The van der Waals surface area contributed by atoms with Crippen molar-refractivity contribution in [2.45, 2.75) is 12.2 Å². The average Bonchev–Trinajstić information content (AvgIpc) is 2.36. The number of ether oxygens (including phenoxy) is 1. The van der Waals surface area contributed by atoms with Crippen molar-refractivity contribution in [3.05, 3.63) is 24.0 Å². The molecule has 0 fully saturated rings. The lowest BCUT2D eigenvalue weighted by molar-refractivity contribution is -0.139. The van der Waals surface area contributed by atoms with Gasteiger partial charge in [-0.3, -0.25) is 9.52 Å². The van der Waals surface area contributed by atoms with Gasteiger partial charge in [-0.25, -0.2) is 18.2 Å². The summed E-state index contributed by atoms with van der Waals surface area (Å²) >= 11 is 0. The number of rotatable bonds is 5. The molecule has 104 valence electrons. The minimum Gasteiger partial charge on any atom is -0.477 e. The molecule has 1 aromatic heterocycles. The van der Waals surface area contributed by atoms with Crippen molar-refractivity contribution < 1.29 is 27.9 Å². The maximum atomic E-state index is 11.8. The van der Waals surface area contributed by atoms with Crippen LogP contribution in [0.3, 0.4) is 0 Å². The Morgan fingerprint density at radius 1 is 1.47 bits per heavy atom. The third-order valence-corrected chi connectivity index (χ3v) is 3.88. The van der Waals surface area contributed by atoms with Crippen LogP contribution in [0.5, 0.6) is 0 Å². The quantitative estimate of drug-likeness (QED) is 0.735. The van der Waals surface area contributed by atoms with Gasteiger partial charge in [0.2, 0.25) is 10.0 Å². The number of pyridine rings is 1. The van der Waals surface area contributed by atoms with E-state index in [0.29, 0.717) is 0 Å². The fourth-order valence-electron chi connectivity index (χ4n) is 1.16. The van der Waals surface area contributed by atoms with Gasteiger partial charge in [0.05, 0.1) is 12.8 Å². The first kappa shape index (κ1) is 14.9. The number of nitrogens with zero attached hydrogens (tertiary/aromatic N) is 1. The predicted octanol–water partition coefficient (Wildman–Crippen LogP) is 0.0830. The first-order chi connectivity index (χ1) is 8.77. The minimum atomic E-state index is -4.01. The van der Waals surface area contributed by atoms with E-state index >= 15 is 0 Å². The van der Waals surface area contributed by atoms with Gasteiger partial charge in [0, 0.05) is 6.20 Å². The number of hydrogen-bond donors (Lipinski definition) is 2. The molecule has 0 bridgehead atoms. The monoisotopic (exact) mass is 288 g/mol. The number of carboxylic acids is 1. The van der Waals surface area contributed by atoms with E-state index in [1.807, 2.05) is 0 Å². The molecule has 8 nitrogen and oxygen atoms in total. The molecule has 0 spiro atoms.